The van der Waals surface area contributed by atoms with Crippen molar-refractivity contribution in [3.05, 3.63) is 71.8 Å². The third-order valence-corrected chi connectivity index (χ3v) is 3.83. The summed E-state index contributed by atoms with van der Waals surface area (Å²) in [6.45, 7) is 1.87. The van der Waals surface area contributed by atoms with Crippen LogP contribution in [0, 0.1) is 0 Å². The van der Waals surface area contributed by atoms with Crippen LogP contribution in [-0.4, -0.2) is 24.5 Å². The van der Waals surface area contributed by atoms with Crippen molar-refractivity contribution in [2.75, 3.05) is 0 Å². The molecule has 6 heteroatoms. The van der Waals surface area contributed by atoms with Gasteiger partial charge in [0.2, 0.25) is 6.36 Å². The zero-order valence-corrected chi connectivity index (χ0v) is 15.3. The summed E-state index contributed by atoms with van der Waals surface area (Å²) in [6.07, 6.45) is -1.81. The van der Waals surface area contributed by atoms with Gasteiger partial charge < -0.3 is 14.8 Å². The first kappa shape index (κ1) is 20.4. The van der Waals surface area contributed by atoms with Gasteiger partial charge in [-0.05, 0) is 17.5 Å². The summed E-state index contributed by atoms with van der Waals surface area (Å²) < 4.78 is 23.5. The number of alkyl carbamates (subject to hydrolysis) is 1. The van der Waals surface area contributed by atoms with Crippen molar-refractivity contribution in [1.29, 1.82) is 0 Å². The van der Waals surface area contributed by atoms with E-state index in [1.54, 1.807) is 6.92 Å². The monoisotopic (exact) mass is 373 g/mol. The summed E-state index contributed by atoms with van der Waals surface area (Å²) >= 11 is 0. The number of benzene rings is 2. The lowest BCUT2D eigenvalue weighted by molar-refractivity contribution is -0.147. The van der Waals surface area contributed by atoms with Crippen LogP contribution in [0.4, 0.5) is 9.18 Å². The Bertz CT molecular complexity index is 709. The van der Waals surface area contributed by atoms with Crippen LogP contribution < -0.4 is 5.32 Å². The fraction of sp³-hybridized carbons (Fsp3) is 0.333. The molecule has 144 valence electrons. The second-order valence-corrected chi connectivity index (χ2v) is 6.08. The molecule has 0 aromatic heterocycles. The number of hydrogen-bond acceptors (Lipinski definition) is 4. The third kappa shape index (κ3) is 7.48. The lowest BCUT2D eigenvalue weighted by Gasteiger charge is -2.18. The quantitative estimate of drug-likeness (QED) is 0.670. The summed E-state index contributed by atoms with van der Waals surface area (Å²) in [5.41, 5.74) is 1.67. The van der Waals surface area contributed by atoms with Gasteiger partial charge >= 0.3 is 12.1 Å². The molecular formula is C21H24FNO4. The average Bonchev–Trinajstić information content (AvgIpc) is 2.67. The molecule has 5 nitrogen and oxygen atoms in total. The van der Waals surface area contributed by atoms with E-state index >= 15 is 0 Å². The molecule has 0 spiro atoms. The Hall–Kier alpha value is -2.89. The maximum atomic E-state index is 13.5. The number of esters is 1. The van der Waals surface area contributed by atoms with Crippen LogP contribution in [0.5, 0.6) is 0 Å². The van der Waals surface area contributed by atoms with Gasteiger partial charge in [-0.2, -0.15) is 0 Å². The molecule has 1 amide bonds. The van der Waals surface area contributed by atoms with Crippen molar-refractivity contribution >= 4 is 12.1 Å². The Labute approximate surface area is 158 Å². The standard InChI is InChI=1S/C21H24FNO4/c1-2-9-19(22)27-21(25)23-18(14-16-10-5-3-6-11-16)20(24)26-15-17-12-7-4-8-13-17/h3-8,10-13,18-19H,2,9,14-15H2,1H3,(H,23,25). The number of amides is 1. The molecule has 2 rings (SSSR count). The lowest BCUT2D eigenvalue weighted by atomic mass is 10.1. The highest BCUT2D eigenvalue weighted by molar-refractivity contribution is 5.81. The average molecular weight is 373 g/mol. The van der Waals surface area contributed by atoms with Crippen molar-refractivity contribution < 1.29 is 23.5 Å². The van der Waals surface area contributed by atoms with Crippen LogP contribution in [-0.2, 0) is 27.3 Å². The van der Waals surface area contributed by atoms with E-state index in [4.69, 9.17) is 4.74 Å². The minimum Gasteiger partial charge on any atom is -0.459 e. The third-order valence-electron chi connectivity index (χ3n) is 3.83. The van der Waals surface area contributed by atoms with Crippen LogP contribution >= 0.6 is 0 Å². The zero-order chi connectivity index (χ0) is 19.5. The molecule has 0 aliphatic rings. The highest BCUT2D eigenvalue weighted by Crippen LogP contribution is 2.09. The van der Waals surface area contributed by atoms with Gasteiger partial charge in [0, 0.05) is 12.8 Å². The van der Waals surface area contributed by atoms with E-state index in [-0.39, 0.29) is 19.4 Å². The summed E-state index contributed by atoms with van der Waals surface area (Å²) in [6, 6.07) is 17.4. The van der Waals surface area contributed by atoms with Crippen LogP contribution in [0.15, 0.2) is 60.7 Å². The number of carbonyl (C=O) groups excluding carboxylic acids is 2. The molecule has 2 aromatic carbocycles. The van der Waals surface area contributed by atoms with E-state index in [1.165, 1.54) is 0 Å². The summed E-state index contributed by atoms with van der Waals surface area (Å²) in [7, 11) is 0. The van der Waals surface area contributed by atoms with Crippen molar-refractivity contribution in [1.82, 2.24) is 5.32 Å². The van der Waals surface area contributed by atoms with Gasteiger partial charge in [-0.1, -0.05) is 67.6 Å². The van der Waals surface area contributed by atoms with Crippen LogP contribution in [0.2, 0.25) is 0 Å². The first-order valence-corrected chi connectivity index (χ1v) is 8.94. The van der Waals surface area contributed by atoms with Gasteiger partial charge in [0.25, 0.3) is 0 Å². The summed E-state index contributed by atoms with van der Waals surface area (Å²) in [5, 5.41) is 2.42. The highest BCUT2D eigenvalue weighted by atomic mass is 19.1. The number of carbonyl (C=O) groups is 2. The Morgan fingerprint density at radius 3 is 2.19 bits per heavy atom. The van der Waals surface area contributed by atoms with Gasteiger partial charge in [-0.25, -0.2) is 14.0 Å². The minimum absolute atomic E-state index is 0.0866. The molecule has 0 saturated carbocycles. The number of alkyl halides is 1. The largest absolute Gasteiger partial charge is 0.459 e. The van der Waals surface area contributed by atoms with Crippen molar-refractivity contribution in [3.63, 3.8) is 0 Å². The van der Waals surface area contributed by atoms with Crippen LogP contribution in [0.1, 0.15) is 30.9 Å². The van der Waals surface area contributed by atoms with E-state index < -0.39 is 24.5 Å². The molecule has 0 fully saturated rings. The molecule has 0 bridgehead atoms. The molecule has 0 aliphatic heterocycles. The van der Waals surface area contributed by atoms with E-state index in [9.17, 15) is 14.0 Å². The molecule has 2 aromatic rings. The van der Waals surface area contributed by atoms with Crippen molar-refractivity contribution in [2.45, 2.75) is 45.2 Å². The molecule has 27 heavy (non-hydrogen) atoms. The van der Waals surface area contributed by atoms with Crippen molar-refractivity contribution in [2.24, 2.45) is 0 Å². The van der Waals surface area contributed by atoms with Crippen LogP contribution in [0.25, 0.3) is 0 Å². The summed E-state index contributed by atoms with van der Waals surface area (Å²) in [5.74, 6) is -0.606. The molecule has 2 unspecified atom stereocenters. The van der Waals surface area contributed by atoms with Crippen molar-refractivity contribution in [3.8, 4) is 0 Å². The Morgan fingerprint density at radius 1 is 1.00 bits per heavy atom. The van der Waals surface area contributed by atoms with Gasteiger partial charge in [0.1, 0.15) is 12.6 Å². The predicted octanol–water partition coefficient (Wildman–Crippen LogP) is 4.16. The maximum absolute atomic E-state index is 13.5. The Morgan fingerprint density at radius 2 is 1.59 bits per heavy atom. The summed E-state index contributed by atoms with van der Waals surface area (Å²) in [4.78, 5) is 24.4. The Balaban J connectivity index is 1.99. The maximum Gasteiger partial charge on any atom is 0.410 e. The second kappa shape index (κ2) is 11.0. The predicted molar refractivity (Wildman–Crippen MR) is 99.6 cm³/mol. The van der Waals surface area contributed by atoms with Crippen LogP contribution in [0.3, 0.4) is 0 Å². The number of rotatable bonds is 9. The van der Waals surface area contributed by atoms with E-state index in [0.29, 0.717) is 6.42 Å². The lowest BCUT2D eigenvalue weighted by Crippen LogP contribution is -2.44. The second-order valence-electron chi connectivity index (χ2n) is 6.08. The van der Waals surface area contributed by atoms with E-state index in [0.717, 1.165) is 11.1 Å². The normalized spacial score (nSPS) is 12.7. The zero-order valence-electron chi connectivity index (χ0n) is 15.3. The SMILES string of the molecule is CCCC(F)OC(=O)NC(Cc1ccccc1)C(=O)OCc1ccccc1. The number of nitrogens with one attached hydrogen (secondary N) is 1. The van der Waals surface area contributed by atoms with Gasteiger partial charge in [0.15, 0.2) is 0 Å². The van der Waals surface area contributed by atoms with E-state index in [1.807, 2.05) is 60.7 Å². The Kier molecular flexibility index (Phi) is 8.29. The fourth-order valence-corrected chi connectivity index (χ4v) is 2.45. The van der Waals surface area contributed by atoms with E-state index in [2.05, 4.69) is 10.1 Å². The number of halogens is 1. The van der Waals surface area contributed by atoms with Gasteiger partial charge in [-0.3, -0.25) is 0 Å². The fourth-order valence-electron chi connectivity index (χ4n) is 2.45. The molecule has 0 aliphatic carbocycles. The highest BCUT2D eigenvalue weighted by Gasteiger charge is 2.25. The minimum atomic E-state index is -1.70. The smallest absolute Gasteiger partial charge is 0.410 e. The molecule has 2 atom stereocenters. The molecule has 0 saturated heterocycles. The van der Waals surface area contributed by atoms with Gasteiger partial charge in [-0.15, -0.1) is 0 Å². The first-order chi connectivity index (χ1) is 13.1. The first-order valence-electron chi connectivity index (χ1n) is 8.94. The van der Waals surface area contributed by atoms with Gasteiger partial charge in [0.05, 0.1) is 0 Å². The number of hydrogen-bond donors (Lipinski definition) is 1. The molecular weight excluding hydrogens is 349 g/mol. The molecule has 1 N–H and O–H groups in total. The molecule has 0 radical (unpaired) electrons. The topological polar surface area (TPSA) is 64.6 Å². The molecule has 0 heterocycles. The number of ether oxygens (including phenoxy) is 2.